The van der Waals surface area contributed by atoms with Gasteiger partial charge in [-0.3, -0.25) is 0 Å². The van der Waals surface area contributed by atoms with Crippen LogP contribution >= 0.6 is 0 Å². The minimum atomic E-state index is -0.671. The predicted octanol–water partition coefficient (Wildman–Crippen LogP) is 2.33. The average Bonchev–Trinajstić information content (AvgIpc) is 2.95. The van der Waals surface area contributed by atoms with Crippen molar-refractivity contribution in [3.8, 4) is 0 Å². The highest BCUT2D eigenvalue weighted by atomic mass is 16.6. The molecule has 0 aromatic heterocycles. The molecule has 0 radical (unpaired) electrons. The number of hydrogen-bond donors (Lipinski definition) is 1. The third-order valence-electron chi connectivity index (χ3n) is 5.23. The average molecular weight is 240 g/mol. The SMILES string of the molecule is CC(O)OCCOC12CCC(C1)C1CCCC12. The fourth-order valence-electron chi connectivity index (χ4n) is 4.69. The minimum Gasteiger partial charge on any atom is -0.372 e. The first-order chi connectivity index (χ1) is 8.21. The number of rotatable bonds is 5. The number of hydrogen-bond acceptors (Lipinski definition) is 3. The van der Waals surface area contributed by atoms with Crippen LogP contribution in [0.5, 0.6) is 0 Å². The zero-order valence-corrected chi connectivity index (χ0v) is 10.7. The molecule has 5 unspecified atom stereocenters. The van der Waals surface area contributed by atoms with E-state index in [9.17, 15) is 0 Å². The molecule has 0 aromatic rings. The monoisotopic (exact) mass is 240 g/mol. The summed E-state index contributed by atoms with van der Waals surface area (Å²) in [4.78, 5) is 0. The number of aliphatic hydroxyl groups excluding tert-OH is 1. The summed E-state index contributed by atoms with van der Waals surface area (Å²) in [5.74, 6) is 2.73. The Morgan fingerprint density at radius 2 is 2.18 bits per heavy atom. The standard InChI is InChI=1S/C14H24O3/c1-10(15)16-7-8-17-14-6-5-11(9-14)12-3-2-4-13(12)14/h10-13,15H,2-9H2,1H3. The fourth-order valence-corrected chi connectivity index (χ4v) is 4.69. The van der Waals surface area contributed by atoms with Crippen molar-refractivity contribution < 1.29 is 14.6 Å². The van der Waals surface area contributed by atoms with Crippen LogP contribution in [0.3, 0.4) is 0 Å². The lowest BCUT2D eigenvalue weighted by atomic mass is 9.79. The van der Waals surface area contributed by atoms with Crippen molar-refractivity contribution in [1.29, 1.82) is 0 Å². The third kappa shape index (κ3) is 2.02. The van der Waals surface area contributed by atoms with Gasteiger partial charge in [0.05, 0.1) is 18.8 Å². The summed E-state index contributed by atoms with van der Waals surface area (Å²) in [7, 11) is 0. The molecule has 3 fully saturated rings. The summed E-state index contributed by atoms with van der Waals surface area (Å²) in [6.07, 6.45) is 7.46. The van der Waals surface area contributed by atoms with Crippen LogP contribution < -0.4 is 0 Å². The van der Waals surface area contributed by atoms with E-state index in [1.54, 1.807) is 6.92 Å². The second-order valence-electron chi connectivity index (χ2n) is 6.09. The van der Waals surface area contributed by atoms with E-state index in [0.717, 1.165) is 17.8 Å². The molecule has 98 valence electrons. The van der Waals surface area contributed by atoms with E-state index in [1.807, 2.05) is 0 Å². The lowest BCUT2D eigenvalue weighted by molar-refractivity contribution is -0.134. The Morgan fingerprint density at radius 1 is 1.29 bits per heavy atom. The molecule has 0 aliphatic heterocycles. The Labute approximate surface area is 103 Å². The van der Waals surface area contributed by atoms with E-state index < -0.39 is 6.29 Å². The molecule has 1 N–H and O–H groups in total. The first-order valence-corrected chi connectivity index (χ1v) is 7.15. The molecule has 3 heteroatoms. The molecule has 0 heterocycles. The molecule has 3 aliphatic rings. The van der Waals surface area contributed by atoms with Gasteiger partial charge in [-0.1, -0.05) is 6.42 Å². The molecule has 2 bridgehead atoms. The Hall–Kier alpha value is -0.120. The molecular weight excluding hydrogens is 216 g/mol. The van der Waals surface area contributed by atoms with Gasteiger partial charge in [0.1, 0.15) is 0 Å². The van der Waals surface area contributed by atoms with Crippen LogP contribution in [0.4, 0.5) is 0 Å². The van der Waals surface area contributed by atoms with Crippen molar-refractivity contribution >= 4 is 0 Å². The van der Waals surface area contributed by atoms with Crippen molar-refractivity contribution in [2.45, 2.75) is 57.3 Å². The van der Waals surface area contributed by atoms with Crippen LogP contribution in [-0.2, 0) is 9.47 Å². The predicted molar refractivity (Wildman–Crippen MR) is 64.5 cm³/mol. The van der Waals surface area contributed by atoms with Crippen molar-refractivity contribution in [2.24, 2.45) is 17.8 Å². The van der Waals surface area contributed by atoms with Gasteiger partial charge in [-0.05, 0) is 56.8 Å². The summed E-state index contributed by atoms with van der Waals surface area (Å²) in [6, 6.07) is 0. The second-order valence-corrected chi connectivity index (χ2v) is 6.09. The van der Waals surface area contributed by atoms with Gasteiger partial charge in [0.2, 0.25) is 0 Å². The largest absolute Gasteiger partial charge is 0.372 e. The zero-order chi connectivity index (χ0) is 11.9. The molecule has 5 atom stereocenters. The Kier molecular flexibility index (Phi) is 3.18. The van der Waals surface area contributed by atoms with Gasteiger partial charge in [-0.2, -0.15) is 0 Å². The van der Waals surface area contributed by atoms with E-state index in [1.165, 1.54) is 38.5 Å². The van der Waals surface area contributed by atoms with Gasteiger partial charge in [0.15, 0.2) is 6.29 Å². The molecule has 0 saturated heterocycles. The molecule has 3 saturated carbocycles. The summed E-state index contributed by atoms with van der Waals surface area (Å²) in [5, 5.41) is 9.05. The summed E-state index contributed by atoms with van der Waals surface area (Å²) < 4.78 is 11.4. The molecule has 3 rings (SSSR count). The molecule has 17 heavy (non-hydrogen) atoms. The third-order valence-corrected chi connectivity index (χ3v) is 5.23. The van der Waals surface area contributed by atoms with Crippen molar-refractivity contribution in [3.05, 3.63) is 0 Å². The number of aliphatic hydroxyl groups is 1. The normalized spacial score (nSPS) is 45.2. The summed E-state index contributed by atoms with van der Waals surface area (Å²) in [5.41, 5.74) is 0.188. The van der Waals surface area contributed by atoms with Crippen LogP contribution in [0.1, 0.15) is 45.4 Å². The number of ether oxygens (including phenoxy) is 2. The Balaban J connectivity index is 1.55. The molecule has 0 spiro atoms. The smallest absolute Gasteiger partial charge is 0.151 e. The van der Waals surface area contributed by atoms with Gasteiger partial charge in [-0.25, -0.2) is 0 Å². The van der Waals surface area contributed by atoms with E-state index in [2.05, 4.69) is 0 Å². The van der Waals surface area contributed by atoms with E-state index in [0.29, 0.717) is 13.2 Å². The quantitative estimate of drug-likeness (QED) is 0.592. The van der Waals surface area contributed by atoms with E-state index in [4.69, 9.17) is 14.6 Å². The molecule has 0 amide bonds. The first-order valence-electron chi connectivity index (χ1n) is 7.15. The van der Waals surface area contributed by atoms with Crippen LogP contribution in [0.25, 0.3) is 0 Å². The maximum Gasteiger partial charge on any atom is 0.151 e. The summed E-state index contributed by atoms with van der Waals surface area (Å²) in [6.45, 7) is 2.80. The van der Waals surface area contributed by atoms with Crippen molar-refractivity contribution in [1.82, 2.24) is 0 Å². The van der Waals surface area contributed by atoms with Crippen LogP contribution in [0.15, 0.2) is 0 Å². The molecule has 3 aliphatic carbocycles. The zero-order valence-electron chi connectivity index (χ0n) is 10.7. The Bertz CT molecular complexity index is 279. The van der Waals surface area contributed by atoms with Gasteiger partial charge in [-0.15, -0.1) is 0 Å². The van der Waals surface area contributed by atoms with Gasteiger partial charge in [0.25, 0.3) is 0 Å². The highest BCUT2D eigenvalue weighted by Crippen LogP contribution is 2.62. The Morgan fingerprint density at radius 3 is 3.00 bits per heavy atom. The van der Waals surface area contributed by atoms with Gasteiger partial charge in [0, 0.05) is 0 Å². The maximum atomic E-state index is 9.05. The van der Waals surface area contributed by atoms with Crippen LogP contribution in [0, 0.1) is 17.8 Å². The van der Waals surface area contributed by atoms with E-state index in [-0.39, 0.29) is 5.60 Å². The summed E-state index contributed by atoms with van der Waals surface area (Å²) >= 11 is 0. The molecule has 3 nitrogen and oxygen atoms in total. The number of fused-ring (bicyclic) bond motifs is 5. The highest BCUT2D eigenvalue weighted by Gasteiger charge is 2.59. The molecule has 0 aromatic carbocycles. The maximum absolute atomic E-state index is 9.05. The second kappa shape index (κ2) is 4.52. The van der Waals surface area contributed by atoms with Gasteiger partial charge < -0.3 is 14.6 Å². The minimum absolute atomic E-state index is 0.188. The van der Waals surface area contributed by atoms with Crippen molar-refractivity contribution in [3.63, 3.8) is 0 Å². The van der Waals surface area contributed by atoms with E-state index >= 15 is 0 Å². The lowest BCUT2D eigenvalue weighted by Gasteiger charge is -2.36. The highest BCUT2D eigenvalue weighted by molar-refractivity contribution is 5.09. The van der Waals surface area contributed by atoms with Crippen LogP contribution in [-0.4, -0.2) is 30.2 Å². The van der Waals surface area contributed by atoms with Gasteiger partial charge >= 0.3 is 0 Å². The lowest BCUT2D eigenvalue weighted by Crippen LogP contribution is -2.38. The molecular formula is C14H24O3. The topological polar surface area (TPSA) is 38.7 Å². The van der Waals surface area contributed by atoms with Crippen molar-refractivity contribution in [2.75, 3.05) is 13.2 Å². The fraction of sp³-hybridized carbons (Fsp3) is 1.00. The van der Waals surface area contributed by atoms with Crippen LogP contribution in [0.2, 0.25) is 0 Å². The first kappa shape index (κ1) is 11.9.